The average molecular weight is 432 g/mol. The predicted molar refractivity (Wildman–Crippen MR) is 112 cm³/mol. The van der Waals surface area contributed by atoms with E-state index < -0.39 is 0 Å². The van der Waals surface area contributed by atoms with E-state index in [0.29, 0.717) is 17.9 Å². The zero-order valence-electron chi connectivity index (χ0n) is 15.0. The largest absolute Gasteiger partial charge is 0.370 e. The number of nitrogens with zero attached hydrogens (tertiary/aromatic N) is 2. The summed E-state index contributed by atoms with van der Waals surface area (Å²) in [6.45, 7) is 6.06. The number of likely N-dealkylation sites (N-methyl/N-ethyl adjacent to an activating group) is 1. The van der Waals surface area contributed by atoms with Gasteiger partial charge in [0.15, 0.2) is 5.96 Å². The first kappa shape index (κ1) is 22.2. The topological polar surface area (TPSA) is 53.6 Å². The van der Waals surface area contributed by atoms with Gasteiger partial charge in [-0.05, 0) is 32.0 Å². The van der Waals surface area contributed by atoms with Gasteiger partial charge in [0.2, 0.25) is 0 Å². The van der Waals surface area contributed by atoms with Crippen LogP contribution in [-0.4, -0.2) is 44.1 Å². The summed E-state index contributed by atoms with van der Waals surface area (Å²) in [5.74, 6) is 1.21. The molecule has 0 amide bonds. The molecular weight excluding hydrogens is 399 g/mol. The van der Waals surface area contributed by atoms with E-state index in [1.165, 1.54) is 18.4 Å². The molecule has 0 heterocycles. The number of nitrogens with two attached hydrogens (primary N) is 1. The van der Waals surface area contributed by atoms with Crippen molar-refractivity contribution >= 4 is 29.9 Å². The molecule has 4 nitrogen and oxygen atoms in total. The van der Waals surface area contributed by atoms with Crippen LogP contribution < -0.4 is 11.1 Å². The predicted octanol–water partition coefficient (Wildman–Crippen LogP) is 3.12. The Balaban J connectivity index is 0.00000484. The molecule has 132 valence electrons. The molecule has 1 atom stereocenters. The second-order valence-corrected chi connectivity index (χ2v) is 6.00. The molecule has 1 unspecified atom stereocenters. The van der Waals surface area contributed by atoms with E-state index in [2.05, 4.69) is 67.4 Å². The molecule has 0 aliphatic carbocycles. The van der Waals surface area contributed by atoms with Gasteiger partial charge < -0.3 is 16.0 Å². The fourth-order valence-electron chi connectivity index (χ4n) is 2.79. The first-order chi connectivity index (χ1) is 10.6. The first-order valence-electron chi connectivity index (χ1n) is 8.32. The van der Waals surface area contributed by atoms with Gasteiger partial charge >= 0.3 is 0 Å². The standard InChI is InChI=1S/C18H32N4.HI/c1-5-16(6-2)17(22(3)4)14-21-18(19)20-13-12-15-10-8-7-9-11-15;/h7-11,16-17H,5-6,12-14H2,1-4H3,(H3,19,20,21);1H. The minimum atomic E-state index is 0. The van der Waals surface area contributed by atoms with Crippen LogP contribution >= 0.6 is 24.0 Å². The van der Waals surface area contributed by atoms with E-state index in [1.54, 1.807) is 0 Å². The smallest absolute Gasteiger partial charge is 0.188 e. The van der Waals surface area contributed by atoms with Gasteiger partial charge in [-0.25, -0.2) is 0 Å². The Bertz CT molecular complexity index is 430. The van der Waals surface area contributed by atoms with Crippen molar-refractivity contribution < 1.29 is 0 Å². The Morgan fingerprint density at radius 1 is 1.17 bits per heavy atom. The van der Waals surface area contributed by atoms with Gasteiger partial charge in [-0.1, -0.05) is 57.0 Å². The van der Waals surface area contributed by atoms with E-state index in [4.69, 9.17) is 5.73 Å². The van der Waals surface area contributed by atoms with Gasteiger partial charge in [0.05, 0.1) is 6.54 Å². The molecule has 5 heteroatoms. The third-order valence-corrected chi connectivity index (χ3v) is 4.27. The Labute approximate surface area is 158 Å². The summed E-state index contributed by atoms with van der Waals surface area (Å²) in [4.78, 5) is 6.80. The first-order valence-corrected chi connectivity index (χ1v) is 8.32. The molecule has 0 aromatic heterocycles. The molecule has 0 radical (unpaired) electrons. The van der Waals surface area contributed by atoms with Crippen molar-refractivity contribution in [2.45, 2.75) is 39.2 Å². The molecule has 3 N–H and O–H groups in total. The summed E-state index contributed by atoms with van der Waals surface area (Å²) in [6.07, 6.45) is 3.31. The van der Waals surface area contributed by atoms with Crippen LogP contribution in [0, 0.1) is 5.92 Å². The molecule has 0 spiro atoms. The van der Waals surface area contributed by atoms with Crippen molar-refractivity contribution in [1.29, 1.82) is 0 Å². The van der Waals surface area contributed by atoms with Crippen molar-refractivity contribution in [2.24, 2.45) is 16.6 Å². The maximum Gasteiger partial charge on any atom is 0.188 e. The van der Waals surface area contributed by atoms with Crippen molar-refractivity contribution in [3.8, 4) is 0 Å². The molecule has 1 rings (SSSR count). The lowest BCUT2D eigenvalue weighted by Crippen LogP contribution is -2.40. The van der Waals surface area contributed by atoms with Crippen LogP contribution in [0.15, 0.2) is 35.3 Å². The fourth-order valence-corrected chi connectivity index (χ4v) is 2.79. The van der Waals surface area contributed by atoms with Gasteiger partial charge in [0.25, 0.3) is 0 Å². The van der Waals surface area contributed by atoms with Gasteiger partial charge in [0.1, 0.15) is 0 Å². The highest BCUT2D eigenvalue weighted by molar-refractivity contribution is 14.0. The van der Waals surface area contributed by atoms with Gasteiger partial charge in [-0.15, -0.1) is 24.0 Å². The number of aliphatic imine (C=N–C) groups is 1. The molecule has 0 saturated carbocycles. The fraction of sp³-hybridized carbons (Fsp3) is 0.611. The summed E-state index contributed by atoms with van der Waals surface area (Å²) >= 11 is 0. The second-order valence-electron chi connectivity index (χ2n) is 6.00. The van der Waals surface area contributed by atoms with E-state index in [0.717, 1.165) is 19.5 Å². The van der Waals surface area contributed by atoms with E-state index in [9.17, 15) is 0 Å². The van der Waals surface area contributed by atoms with Crippen LogP contribution in [0.2, 0.25) is 0 Å². The van der Waals surface area contributed by atoms with Crippen LogP contribution in [0.5, 0.6) is 0 Å². The molecule has 0 bridgehead atoms. The number of hydrogen-bond acceptors (Lipinski definition) is 2. The van der Waals surface area contributed by atoms with Crippen LogP contribution in [-0.2, 0) is 6.42 Å². The molecule has 1 aromatic rings. The summed E-state index contributed by atoms with van der Waals surface area (Å²) in [7, 11) is 4.25. The van der Waals surface area contributed by atoms with E-state index in [1.807, 2.05) is 6.07 Å². The van der Waals surface area contributed by atoms with Crippen molar-refractivity contribution in [2.75, 3.05) is 27.2 Å². The number of benzene rings is 1. The van der Waals surface area contributed by atoms with Crippen LogP contribution in [0.3, 0.4) is 0 Å². The quantitative estimate of drug-likeness (QED) is 0.358. The minimum Gasteiger partial charge on any atom is -0.370 e. The van der Waals surface area contributed by atoms with Crippen molar-refractivity contribution in [1.82, 2.24) is 10.2 Å². The highest BCUT2D eigenvalue weighted by Gasteiger charge is 2.20. The molecule has 0 aliphatic heterocycles. The zero-order valence-corrected chi connectivity index (χ0v) is 17.3. The van der Waals surface area contributed by atoms with E-state index >= 15 is 0 Å². The molecule has 0 aliphatic rings. The highest BCUT2D eigenvalue weighted by Crippen LogP contribution is 2.17. The lowest BCUT2D eigenvalue weighted by molar-refractivity contribution is 0.206. The van der Waals surface area contributed by atoms with Crippen LogP contribution in [0.25, 0.3) is 0 Å². The number of halogens is 1. The summed E-state index contributed by atoms with van der Waals surface area (Å²) in [5.41, 5.74) is 7.30. The zero-order chi connectivity index (χ0) is 16.4. The van der Waals surface area contributed by atoms with Crippen LogP contribution in [0.4, 0.5) is 0 Å². The van der Waals surface area contributed by atoms with Crippen molar-refractivity contribution in [3.63, 3.8) is 0 Å². The highest BCUT2D eigenvalue weighted by atomic mass is 127. The summed E-state index contributed by atoms with van der Waals surface area (Å²) in [6, 6.07) is 10.9. The Morgan fingerprint density at radius 2 is 1.78 bits per heavy atom. The minimum absolute atomic E-state index is 0. The van der Waals surface area contributed by atoms with Gasteiger partial charge in [-0.3, -0.25) is 4.99 Å². The number of rotatable bonds is 9. The third-order valence-electron chi connectivity index (χ3n) is 4.27. The summed E-state index contributed by atoms with van der Waals surface area (Å²) < 4.78 is 0. The number of nitrogens with one attached hydrogen (secondary N) is 1. The average Bonchev–Trinajstić information content (AvgIpc) is 2.52. The molecule has 1 aromatic carbocycles. The SMILES string of the molecule is CCC(CC)C(CN=C(N)NCCc1ccccc1)N(C)C.I. The molecular formula is C18H33IN4. The van der Waals surface area contributed by atoms with Crippen molar-refractivity contribution in [3.05, 3.63) is 35.9 Å². The number of guanidine groups is 1. The number of hydrogen-bond donors (Lipinski definition) is 2. The van der Waals surface area contributed by atoms with Gasteiger partial charge in [0, 0.05) is 12.6 Å². The Hall–Kier alpha value is -0.820. The molecule has 0 fully saturated rings. The Morgan fingerprint density at radius 3 is 2.30 bits per heavy atom. The maximum atomic E-state index is 5.99. The normalized spacial score (nSPS) is 13.0. The van der Waals surface area contributed by atoms with E-state index in [-0.39, 0.29) is 24.0 Å². The second kappa shape index (κ2) is 12.6. The maximum absolute atomic E-state index is 5.99. The summed E-state index contributed by atoms with van der Waals surface area (Å²) in [5, 5.41) is 3.21. The lowest BCUT2D eigenvalue weighted by Gasteiger charge is -2.30. The third kappa shape index (κ3) is 8.55. The molecule has 23 heavy (non-hydrogen) atoms. The monoisotopic (exact) mass is 432 g/mol. The van der Waals surface area contributed by atoms with Crippen LogP contribution in [0.1, 0.15) is 32.3 Å². The Kier molecular flexibility index (Phi) is 12.1. The molecule has 0 saturated heterocycles. The lowest BCUT2D eigenvalue weighted by atomic mass is 9.93. The van der Waals surface area contributed by atoms with Gasteiger partial charge in [-0.2, -0.15) is 0 Å².